The van der Waals surface area contributed by atoms with E-state index in [9.17, 15) is 4.79 Å². The number of likely N-dealkylation sites (N-methyl/N-ethyl adjacent to an activating group) is 1. The second-order valence-corrected chi connectivity index (χ2v) is 5.02. The molecule has 0 aliphatic carbocycles. The summed E-state index contributed by atoms with van der Waals surface area (Å²) in [5, 5.41) is 3.03. The molecule has 0 spiro atoms. The number of rotatable bonds is 7. The highest BCUT2D eigenvalue weighted by molar-refractivity contribution is 5.81. The summed E-state index contributed by atoms with van der Waals surface area (Å²) in [7, 11) is 4.01. The van der Waals surface area contributed by atoms with Crippen LogP contribution in [0.4, 0.5) is 0 Å². The van der Waals surface area contributed by atoms with Crippen molar-refractivity contribution in [1.29, 1.82) is 0 Å². The smallest absolute Gasteiger partial charge is 0.237 e. The summed E-state index contributed by atoms with van der Waals surface area (Å²) in [4.78, 5) is 13.9. The lowest BCUT2D eigenvalue weighted by atomic mass is 10.0. The number of hydrogen-bond acceptors (Lipinski definition) is 3. The normalized spacial score (nSPS) is 15.2. The fourth-order valence-electron chi connectivity index (χ4n) is 1.55. The summed E-state index contributed by atoms with van der Waals surface area (Å²) < 4.78 is 0. The van der Waals surface area contributed by atoms with Gasteiger partial charge in [-0.05, 0) is 26.4 Å². The summed E-state index contributed by atoms with van der Waals surface area (Å²) >= 11 is 0. The summed E-state index contributed by atoms with van der Waals surface area (Å²) in [6, 6.07) is -0.196. The molecule has 0 saturated carbocycles. The van der Waals surface area contributed by atoms with Gasteiger partial charge in [0.15, 0.2) is 0 Å². The van der Waals surface area contributed by atoms with Crippen LogP contribution in [0.2, 0.25) is 0 Å². The van der Waals surface area contributed by atoms with E-state index in [0.717, 1.165) is 19.4 Å². The van der Waals surface area contributed by atoms with Gasteiger partial charge in [-0.3, -0.25) is 4.79 Å². The maximum absolute atomic E-state index is 11.8. The molecular formula is C12H27N3O. The standard InChI is InChI=1S/C12H27N3O/c1-6-7-10(13)12(16)14-11(9(2)3)8-15(4)5/h9-11H,6-8,13H2,1-5H3,(H,14,16)/t10-,11?/m1/s1. The molecule has 16 heavy (non-hydrogen) atoms. The van der Waals surface area contributed by atoms with E-state index in [-0.39, 0.29) is 18.0 Å². The van der Waals surface area contributed by atoms with Gasteiger partial charge in [0, 0.05) is 12.6 Å². The van der Waals surface area contributed by atoms with E-state index in [1.807, 2.05) is 21.0 Å². The number of nitrogens with zero attached hydrogens (tertiary/aromatic N) is 1. The van der Waals surface area contributed by atoms with E-state index >= 15 is 0 Å². The lowest BCUT2D eigenvalue weighted by Crippen LogP contribution is -2.50. The molecule has 1 amide bonds. The van der Waals surface area contributed by atoms with Crippen molar-refractivity contribution in [3.05, 3.63) is 0 Å². The molecule has 0 rings (SSSR count). The molecule has 4 nitrogen and oxygen atoms in total. The molecule has 0 aromatic heterocycles. The quantitative estimate of drug-likeness (QED) is 0.679. The Labute approximate surface area is 99.6 Å². The third-order valence-electron chi connectivity index (χ3n) is 2.63. The largest absolute Gasteiger partial charge is 0.350 e. The Kier molecular flexibility index (Phi) is 7.34. The Hall–Kier alpha value is -0.610. The fraction of sp³-hybridized carbons (Fsp3) is 0.917. The number of carbonyl (C=O) groups is 1. The van der Waals surface area contributed by atoms with Crippen molar-refractivity contribution >= 4 is 5.91 Å². The van der Waals surface area contributed by atoms with Crippen LogP contribution < -0.4 is 11.1 Å². The molecule has 0 bridgehead atoms. The first-order valence-electron chi connectivity index (χ1n) is 6.09. The molecule has 0 aromatic rings. The van der Waals surface area contributed by atoms with Crippen LogP contribution in [0.3, 0.4) is 0 Å². The molecule has 0 saturated heterocycles. The minimum Gasteiger partial charge on any atom is -0.350 e. The molecular weight excluding hydrogens is 202 g/mol. The van der Waals surface area contributed by atoms with Crippen molar-refractivity contribution in [2.24, 2.45) is 11.7 Å². The first-order chi connectivity index (χ1) is 7.38. The highest BCUT2D eigenvalue weighted by atomic mass is 16.2. The van der Waals surface area contributed by atoms with Gasteiger partial charge in [0.2, 0.25) is 5.91 Å². The average Bonchev–Trinajstić information content (AvgIpc) is 2.16. The van der Waals surface area contributed by atoms with Gasteiger partial charge in [-0.25, -0.2) is 0 Å². The topological polar surface area (TPSA) is 58.4 Å². The minimum atomic E-state index is -0.367. The molecule has 96 valence electrons. The molecule has 0 aliphatic rings. The third kappa shape index (κ3) is 6.08. The van der Waals surface area contributed by atoms with Crippen LogP contribution in [0.1, 0.15) is 33.6 Å². The Bertz CT molecular complexity index is 204. The zero-order valence-corrected chi connectivity index (χ0v) is 11.3. The monoisotopic (exact) mass is 229 g/mol. The van der Waals surface area contributed by atoms with Crippen molar-refractivity contribution in [2.75, 3.05) is 20.6 Å². The maximum atomic E-state index is 11.8. The van der Waals surface area contributed by atoms with Crippen LogP contribution in [-0.2, 0) is 4.79 Å². The van der Waals surface area contributed by atoms with Crippen LogP contribution in [0.15, 0.2) is 0 Å². The summed E-state index contributed by atoms with van der Waals surface area (Å²) in [5.41, 5.74) is 5.78. The zero-order chi connectivity index (χ0) is 12.7. The fourth-order valence-corrected chi connectivity index (χ4v) is 1.55. The van der Waals surface area contributed by atoms with Crippen LogP contribution in [-0.4, -0.2) is 43.5 Å². The van der Waals surface area contributed by atoms with E-state index in [2.05, 4.69) is 24.1 Å². The highest BCUT2D eigenvalue weighted by Gasteiger charge is 2.20. The molecule has 1 unspecified atom stereocenters. The Balaban J connectivity index is 4.23. The first kappa shape index (κ1) is 15.4. The van der Waals surface area contributed by atoms with E-state index in [1.54, 1.807) is 0 Å². The van der Waals surface area contributed by atoms with Gasteiger partial charge in [-0.1, -0.05) is 27.2 Å². The number of hydrogen-bond donors (Lipinski definition) is 2. The second kappa shape index (κ2) is 7.63. The van der Waals surface area contributed by atoms with Gasteiger partial charge in [0.25, 0.3) is 0 Å². The minimum absolute atomic E-state index is 0.0256. The molecule has 0 fully saturated rings. The molecule has 0 aromatic carbocycles. The lowest BCUT2D eigenvalue weighted by Gasteiger charge is -2.26. The maximum Gasteiger partial charge on any atom is 0.237 e. The predicted molar refractivity (Wildman–Crippen MR) is 68.2 cm³/mol. The molecule has 2 atom stereocenters. The van der Waals surface area contributed by atoms with Gasteiger partial charge in [-0.2, -0.15) is 0 Å². The van der Waals surface area contributed by atoms with Crippen LogP contribution in [0.25, 0.3) is 0 Å². The van der Waals surface area contributed by atoms with Crippen molar-refractivity contribution in [3.8, 4) is 0 Å². The van der Waals surface area contributed by atoms with Gasteiger partial charge >= 0.3 is 0 Å². The predicted octanol–water partition coefficient (Wildman–Crippen LogP) is 0.816. The average molecular weight is 229 g/mol. The molecule has 0 heterocycles. The number of nitrogens with two attached hydrogens (primary N) is 1. The van der Waals surface area contributed by atoms with E-state index < -0.39 is 0 Å². The Morgan fingerprint density at radius 1 is 1.38 bits per heavy atom. The van der Waals surface area contributed by atoms with E-state index in [4.69, 9.17) is 5.73 Å². The summed E-state index contributed by atoms with van der Waals surface area (Å²) in [5.74, 6) is 0.391. The first-order valence-corrected chi connectivity index (χ1v) is 6.09. The Morgan fingerprint density at radius 2 is 1.94 bits per heavy atom. The van der Waals surface area contributed by atoms with Gasteiger partial charge in [-0.15, -0.1) is 0 Å². The van der Waals surface area contributed by atoms with Crippen LogP contribution in [0.5, 0.6) is 0 Å². The highest BCUT2D eigenvalue weighted by Crippen LogP contribution is 2.04. The number of amides is 1. The Morgan fingerprint density at radius 3 is 2.31 bits per heavy atom. The van der Waals surface area contributed by atoms with Gasteiger partial charge < -0.3 is 16.0 Å². The van der Waals surface area contributed by atoms with Crippen LogP contribution in [0, 0.1) is 5.92 Å². The molecule has 3 N–H and O–H groups in total. The van der Waals surface area contributed by atoms with Crippen molar-refractivity contribution in [2.45, 2.75) is 45.7 Å². The summed E-state index contributed by atoms with van der Waals surface area (Å²) in [6.07, 6.45) is 1.69. The van der Waals surface area contributed by atoms with Crippen molar-refractivity contribution < 1.29 is 4.79 Å². The third-order valence-corrected chi connectivity index (χ3v) is 2.63. The summed E-state index contributed by atoms with van der Waals surface area (Å²) in [6.45, 7) is 7.11. The second-order valence-electron chi connectivity index (χ2n) is 5.02. The number of carbonyl (C=O) groups excluding carboxylic acids is 1. The van der Waals surface area contributed by atoms with Crippen molar-refractivity contribution in [1.82, 2.24) is 10.2 Å². The zero-order valence-electron chi connectivity index (χ0n) is 11.3. The van der Waals surface area contributed by atoms with Gasteiger partial charge in [0.1, 0.15) is 0 Å². The van der Waals surface area contributed by atoms with E-state index in [1.165, 1.54) is 0 Å². The van der Waals surface area contributed by atoms with E-state index in [0.29, 0.717) is 5.92 Å². The molecule has 0 aliphatic heterocycles. The molecule has 0 radical (unpaired) electrons. The van der Waals surface area contributed by atoms with Crippen molar-refractivity contribution in [3.63, 3.8) is 0 Å². The SMILES string of the molecule is CCC[C@@H](N)C(=O)NC(CN(C)C)C(C)C. The number of nitrogens with one attached hydrogen (secondary N) is 1. The molecule has 4 heteroatoms. The van der Waals surface area contributed by atoms with Crippen LogP contribution >= 0.6 is 0 Å². The van der Waals surface area contributed by atoms with Gasteiger partial charge in [0.05, 0.1) is 6.04 Å². The lowest BCUT2D eigenvalue weighted by molar-refractivity contribution is -0.123.